The zero-order valence-electron chi connectivity index (χ0n) is 13.8. The average molecular weight is 313 g/mol. The van der Waals surface area contributed by atoms with Crippen molar-refractivity contribution < 1.29 is 9.59 Å². The summed E-state index contributed by atoms with van der Waals surface area (Å²) in [6.07, 6.45) is 4.07. The molecule has 2 heterocycles. The highest BCUT2D eigenvalue weighted by Crippen LogP contribution is 2.26. The molecule has 23 heavy (non-hydrogen) atoms. The summed E-state index contributed by atoms with van der Waals surface area (Å²) in [7, 11) is 0. The van der Waals surface area contributed by atoms with Gasteiger partial charge in [0.15, 0.2) is 0 Å². The number of carbonyl (C=O) groups excluding carboxylic acids is 2. The smallest absolute Gasteiger partial charge is 0.270 e. The van der Waals surface area contributed by atoms with E-state index in [1.165, 1.54) is 11.4 Å². The van der Waals surface area contributed by atoms with Gasteiger partial charge in [-0.2, -0.15) is 5.10 Å². The number of hydrazone groups is 1. The summed E-state index contributed by atoms with van der Waals surface area (Å²) in [6.45, 7) is 5.55. The van der Waals surface area contributed by atoms with Gasteiger partial charge in [-0.1, -0.05) is 12.1 Å². The van der Waals surface area contributed by atoms with Gasteiger partial charge in [0.25, 0.3) is 5.91 Å². The first-order chi connectivity index (χ1) is 11.1. The molecular weight excluding hydrogens is 290 g/mol. The molecule has 3 rings (SSSR count). The van der Waals surface area contributed by atoms with E-state index in [1.54, 1.807) is 0 Å². The number of amides is 2. The van der Waals surface area contributed by atoms with E-state index >= 15 is 0 Å². The third kappa shape index (κ3) is 3.28. The normalized spacial score (nSPS) is 18.9. The molecule has 0 aromatic heterocycles. The number of anilines is 1. The van der Waals surface area contributed by atoms with Gasteiger partial charge in [0, 0.05) is 25.9 Å². The number of hydrogen-bond donors (Lipinski definition) is 0. The van der Waals surface area contributed by atoms with E-state index in [4.69, 9.17) is 0 Å². The van der Waals surface area contributed by atoms with Crippen LogP contribution in [-0.2, 0) is 9.59 Å². The van der Waals surface area contributed by atoms with Gasteiger partial charge < -0.3 is 4.90 Å². The number of nitrogens with zero attached hydrogens (tertiary/aromatic N) is 3. The van der Waals surface area contributed by atoms with Crippen LogP contribution in [0.3, 0.4) is 0 Å². The van der Waals surface area contributed by atoms with Crippen molar-refractivity contribution in [2.24, 2.45) is 5.10 Å². The summed E-state index contributed by atoms with van der Waals surface area (Å²) < 4.78 is 0. The molecule has 2 aliphatic rings. The molecule has 5 nitrogen and oxygen atoms in total. The minimum Gasteiger partial charge on any atom is -0.338 e. The van der Waals surface area contributed by atoms with Crippen molar-refractivity contribution in [1.29, 1.82) is 0 Å². The van der Waals surface area contributed by atoms with Crippen LogP contribution in [-0.4, -0.2) is 35.5 Å². The third-order valence-corrected chi connectivity index (χ3v) is 4.52. The van der Waals surface area contributed by atoms with Gasteiger partial charge in [0.1, 0.15) is 5.71 Å². The lowest BCUT2D eigenvalue weighted by atomic mass is 10.1. The highest BCUT2D eigenvalue weighted by Gasteiger charge is 2.29. The van der Waals surface area contributed by atoms with Crippen LogP contribution in [0, 0.1) is 13.8 Å². The minimum absolute atomic E-state index is 0.00694. The number of benzene rings is 1. The molecular formula is C18H23N3O2. The quantitative estimate of drug-likeness (QED) is 0.843. The van der Waals surface area contributed by atoms with Gasteiger partial charge in [0.05, 0.1) is 5.69 Å². The molecule has 0 unspecified atom stereocenters. The number of carbonyl (C=O) groups is 2. The number of hydrogen-bond acceptors (Lipinski definition) is 3. The molecule has 0 bridgehead atoms. The Morgan fingerprint density at radius 3 is 2.57 bits per heavy atom. The Bertz CT molecular complexity index is 660. The fraction of sp³-hybridized carbons (Fsp3) is 0.500. The van der Waals surface area contributed by atoms with Crippen LogP contribution in [0.5, 0.6) is 0 Å². The minimum atomic E-state index is -0.0473. The molecule has 0 radical (unpaired) electrons. The van der Waals surface area contributed by atoms with E-state index in [0.717, 1.165) is 42.7 Å². The van der Waals surface area contributed by atoms with Crippen LogP contribution in [0.4, 0.5) is 5.69 Å². The average Bonchev–Trinajstić information content (AvgIpc) is 2.58. The summed E-state index contributed by atoms with van der Waals surface area (Å²) in [5, 5.41) is 5.84. The second-order valence-electron chi connectivity index (χ2n) is 6.40. The van der Waals surface area contributed by atoms with Gasteiger partial charge in [-0.15, -0.1) is 0 Å². The number of piperidine rings is 1. The largest absolute Gasteiger partial charge is 0.338 e. The predicted molar refractivity (Wildman–Crippen MR) is 90.5 cm³/mol. The van der Waals surface area contributed by atoms with E-state index in [-0.39, 0.29) is 11.8 Å². The molecule has 5 heteroatoms. The third-order valence-electron chi connectivity index (χ3n) is 4.52. The van der Waals surface area contributed by atoms with Gasteiger partial charge in [-0.25, -0.2) is 5.01 Å². The highest BCUT2D eigenvalue weighted by molar-refractivity contribution is 6.40. The van der Waals surface area contributed by atoms with Crippen LogP contribution in [0.25, 0.3) is 0 Å². The lowest BCUT2D eigenvalue weighted by Crippen LogP contribution is -2.43. The molecule has 1 saturated heterocycles. The molecule has 122 valence electrons. The number of likely N-dealkylation sites (tertiary alicyclic amines) is 1. The second-order valence-corrected chi connectivity index (χ2v) is 6.40. The van der Waals surface area contributed by atoms with Crippen molar-refractivity contribution in [1.82, 2.24) is 4.90 Å². The fourth-order valence-electron chi connectivity index (χ4n) is 3.12. The van der Waals surface area contributed by atoms with E-state index in [0.29, 0.717) is 18.6 Å². The molecule has 1 fully saturated rings. The first-order valence-corrected chi connectivity index (χ1v) is 8.33. The van der Waals surface area contributed by atoms with E-state index in [9.17, 15) is 9.59 Å². The molecule has 2 aliphatic heterocycles. The molecule has 0 saturated carbocycles. The first-order valence-electron chi connectivity index (χ1n) is 8.33. The van der Waals surface area contributed by atoms with E-state index in [2.05, 4.69) is 5.10 Å². The molecule has 0 atom stereocenters. The fourth-order valence-corrected chi connectivity index (χ4v) is 3.12. The molecule has 0 aliphatic carbocycles. The Morgan fingerprint density at radius 2 is 1.83 bits per heavy atom. The Kier molecular flexibility index (Phi) is 4.46. The van der Waals surface area contributed by atoms with Crippen LogP contribution >= 0.6 is 0 Å². The monoisotopic (exact) mass is 313 g/mol. The maximum atomic E-state index is 12.6. The van der Waals surface area contributed by atoms with Crippen LogP contribution in [0.2, 0.25) is 0 Å². The van der Waals surface area contributed by atoms with Crippen molar-refractivity contribution in [3.05, 3.63) is 29.3 Å². The van der Waals surface area contributed by atoms with Crippen molar-refractivity contribution >= 4 is 23.2 Å². The van der Waals surface area contributed by atoms with Crippen molar-refractivity contribution in [3.63, 3.8) is 0 Å². The molecule has 0 N–H and O–H groups in total. The Morgan fingerprint density at radius 1 is 1.09 bits per heavy atom. The maximum Gasteiger partial charge on any atom is 0.270 e. The Balaban J connectivity index is 1.89. The summed E-state index contributed by atoms with van der Waals surface area (Å²) in [6, 6.07) is 5.94. The van der Waals surface area contributed by atoms with E-state index < -0.39 is 0 Å². The molecule has 1 aromatic rings. The van der Waals surface area contributed by atoms with Crippen LogP contribution < -0.4 is 5.01 Å². The first kappa shape index (κ1) is 15.7. The van der Waals surface area contributed by atoms with Gasteiger partial charge in [-0.05, 0) is 50.3 Å². The van der Waals surface area contributed by atoms with Crippen molar-refractivity contribution in [2.45, 2.75) is 46.0 Å². The summed E-state index contributed by atoms with van der Waals surface area (Å²) in [5.41, 5.74) is 3.34. The molecule has 0 spiro atoms. The summed E-state index contributed by atoms with van der Waals surface area (Å²) in [4.78, 5) is 26.8. The maximum absolute atomic E-state index is 12.6. The van der Waals surface area contributed by atoms with Gasteiger partial charge in [0.2, 0.25) is 5.91 Å². The number of aryl methyl sites for hydroxylation is 2. The summed E-state index contributed by atoms with van der Waals surface area (Å²) >= 11 is 0. The second kappa shape index (κ2) is 6.52. The predicted octanol–water partition coefficient (Wildman–Crippen LogP) is 2.80. The topological polar surface area (TPSA) is 53.0 Å². The van der Waals surface area contributed by atoms with E-state index in [1.807, 2.05) is 36.9 Å². The standard InChI is InChI=1S/C18H23N3O2/c1-13-6-7-14(2)16(12-13)21-17(22)9-8-15(19-21)18(23)20-10-4-3-5-11-20/h6-7,12H,3-5,8-11H2,1-2H3. The van der Waals surface area contributed by atoms with Gasteiger partial charge >= 0.3 is 0 Å². The molecule has 1 aromatic carbocycles. The zero-order valence-corrected chi connectivity index (χ0v) is 13.8. The molecule has 2 amide bonds. The highest BCUT2D eigenvalue weighted by atomic mass is 16.2. The lowest BCUT2D eigenvalue weighted by molar-refractivity contribution is -0.125. The van der Waals surface area contributed by atoms with Crippen LogP contribution in [0.1, 0.15) is 43.2 Å². The van der Waals surface area contributed by atoms with Crippen molar-refractivity contribution in [3.8, 4) is 0 Å². The lowest BCUT2D eigenvalue weighted by Gasteiger charge is -2.30. The van der Waals surface area contributed by atoms with Gasteiger partial charge in [-0.3, -0.25) is 9.59 Å². The number of rotatable bonds is 2. The van der Waals surface area contributed by atoms with Crippen molar-refractivity contribution in [2.75, 3.05) is 18.1 Å². The Hall–Kier alpha value is -2.17. The summed E-state index contributed by atoms with van der Waals surface area (Å²) in [5.74, 6) is -0.0543. The zero-order chi connectivity index (χ0) is 16.4. The Labute approximate surface area is 137 Å². The SMILES string of the molecule is Cc1ccc(C)c(N2N=C(C(=O)N3CCCCC3)CCC2=O)c1. The van der Waals surface area contributed by atoms with Crippen LogP contribution in [0.15, 0.2) is 23.3 Å².